The van der Waals surface area contributed by atoms with Gasteiger partial charge >= 0.3 is 0 Å². The fourth-order valence-corrected chi connectivity index (χ4v) is 1.54. The minimum absolute atomic E-state index is 0.0441. The topological polar surface area (TPSA) is 26.3 Å². The molecule has 0 heterocycles. The van der Waals surface area contributed by atoms with Crippen molar-refractivity contribution in [2.24, 2.45) is 0 Å². The van der Waals surface area contributed by atoms with E-state index in [2.05, 4.69) is 0 Å². The SMILES string of the molecule is O=Cc1cc(F)c(OCc2ccccc2)c(F)c1F. The Kier molecular flexibility index (Phi) is 3.85. The zero-order valence-corrected chi connectivity index (χ0v) is 9.70. The van der Waals surface area contributed by atoms with Crippen LogP contribution in [0, 0.1) is 17.5 Å². The van der Waals surface area contributed by atoms with Crippen molar-refractivity contribution in [1.82, 2.24) is 0 Å². The summed E-state index contributed by atoms with van der Waals surface area (Å²) in [6.07, 6.45) is 0.0441. The van der Waals surface area contributed by atoms with Gasteiger partial charge in [-0.25, -0.2) is 8.78 Å². The molecule has 2 aromatic rings. The average Bonchev–Trinajstić information content (AvgIpc) is 2.44. The van der Waals surface area contributed by atoms with E-state index in [1.807, 2.05) is 0 Å². The molecule has 2 nitrogen and oxygen atoms in total. The number of rotatable bonds is 4. The second kappa shape index (κ2) is 5.56. The largest absolute Gasteiger partial charge is 0.483 e. The Morgan fingerprint density at radius 3 is 2.37 bits per heavy atom. The van der Waals surface area contributed by atoms with Crippen molar-refractivity contribution in [2.45, 2.75) is 6.61 Å². The fraction of sp³-hybridized carbons (Fsp3) is 0.0714. The van der Waals surface area contributed by atoms with Gasteiger partial charge in [-0.05, 0) is 11.6 Å². The second-order valence-corrected chi connectivity index (χ2v) is 3.80. The number of carbonyl (C=O) groups is 1. The molecule has 19 heavy (non-hydrogen) atoms. The van der Waals surface area contributed by atoms with E-state index in [1.54, 1.807) is 30.3 Å². The first kappa shape index (κ1) is 13.1. The normalized spacial score (nSPS) is 10.3. The molecule has 0 N–H and O–H groups in total. The molecule has 0 aromatic heterocycles. The van der Waals surface area contributed by atoms with Gasteiger partial charge in [0.25, 0.3) is 0 Å². The lowest BCUT2D eigenvalue weighted by Gasteiger charge is -2.09. The van der Waals surface area contributed by atoms with Crippen LogP contribution in [0.4, 0.5) is 13.2 Å². The van der Waals surface area contributed by atoms with E-state index in [1.165, 1.54) is 0 Å². The van der Waals surface area contributed by atoms with E-state index in [9.17, 15) is 18.0 Å². The summed E-state index contributed by atoms with van der Waals surface area (Å²) in [7, 11) is 0. The van der Waals surface area contributed by atoms with Gasteiger partial charge in [0, 0.05) is 0 Å². The van der Waals surface area contributed by atoms with Crippen LogP contribution in [0.25, 0.3) is 0 Å². The predicted octanol–water partition coefficient (Wildman–Crippen LogP) is 3.50. The highest BCUT2D eigenvalue weighted by Crippen LogP contribution is 2.26. The lowest BCUT2D eigenvalue weighted by molar-refractivity contribution is 0.111. The number of carbonyl (C=O) groups excluding carboxylic acids is 1. The van der Waals surface area contributed by atoms with Crippen molar-refractivity contribution in [3.63, 3.8) is 0 Å². The van der Waals surface area contributed by atoms with Gasteiger partial charge in [-0.1, -0.05) is 30.3 Å². The van der Waals surface area contributed by atoms with Gasteiger partial charge in [0.1, 0.15) is 6.61 Å². The molecule has 0 fully saturated rings. The number of benzene rings is 2. The van der Waals surface area contributed by atoms with Crippen molar-refractivity contribution >= 4 is 6.29 Å². The molecule has 2 rings (SSSR count). The number of hydrogen-bond donors (Lipinski definition) is 0. The Labute approximate surface area is 107 Å². The average molecular weight is 266 g/mol. The monoisotopic (exact) mass is 266 g/mol. The molecule has 0 aliphatic rings. The number of ether oxygens (including phenoxy) is 1. The van der Waals surface area contributed by atoms with Gasteiger partial charge < -0.3 is 4.74 Å². The van der Waals surface area contributed by atoms with Gasteiger partial charge in [0.15, 0.2) is 23.7 Å². The van der Waals surface area contributed by atoms with Crippen molar-refractivity contribution in [3.8, 4) is 5.75 Å². The highest BCUT2D eigenvalue weighted by atomic mass is 19.2. The van der Waals surface area contributed by atoms with Gasteiger partial charge in [0.2, 0.25) is 5.82 Å². The quantitative estimate of drug-likeness (QED) is 0.625. The molecule has 0 saturated heterocycles. The third-order valence-electron chi connectivity index (χ3n) is 2.50. The highest BCUT2D eigenvalue weighted by Gasteiger charge is 2.19. The molecule has 0 atom stereocenters. The smallest absolute Gasteiger partial charge is 0.204 e. The minimum Gasteiger partial charge on any atom is -0.483 e. The van der Waals surface area contributed by atoms with E-state index >= 15 is 0 Å². The van der Waals surface area contributed by atoms with Crippen LogP contribution in [0.1, 0.15) is 15.9 Å². The molecular weight excluding hydrogens is 257 g/mol. The lowest BCUT2D eigenvalue weighted by Crippen LogP contribution is -2.04. The minimum atomic E-state index is -1.50. The fourth-order valence-electron chi connectivity index (χ4n) is 1.54. The van der Waals surface area contributed by atoms with Crippen molar-refractivity contribution in [2.75, 3.05) is 0 Å². The Morgan fingerprint density at radius 1 is 1.05 bits per heavy atom. The number of halogens is 3. The predicted molar refractivity (Wildman–Crippen MR) is 62.5 cm³/mol. The standard InChI is InChI=1S/C14H9F3O2/c15-11-6-10(7-18)12(16)13(17)14(11)19-8-9-4-2-1-3-5-9/h1-7H,8H2. The number of hydrogen-bond acceptors (Lipinski definition) is 2. The van der Waals surface area contributed by atoms with Crippen molar-refractivity contribution in [3.05, 3.63) is 65.0 Å². The maximum atomic E-state index is 13.5. The van der Waals surface area contributed by atoms with Crippen molar-refractivity contribution < 1.29 is 22.7 Å². The molecule has 0 bridgehead atoms. The lowest BCUT2D eigenvalue weighted by atomic mass is 10.2. The van der Waals surface area contributed by atoms with E-state index in [-0.39, 0.29) is 12.9 Å². The summed E-state index contributed by atoms with van der Waals surface area (Å²) < 4.78 is 45.2. The van der Waals surface area contributed by atoms with Crippen LogP contribution >= 0.6 is 0 Å². The van der Waals surface area contributed by atoms with E-state index in [0.29, 0.717) is 11.6 Å². The third-order valence-corrected chi connectivity index (χ3v) is 2.50. The Morgan fingerprint density at radius 2 is 1.74 bits per heavy atom. The summed E-state index contributed by atoms with van der Waals surface area (Å²) in [6, 6.07) is 9.26. The van der Waals surface area contributed by atoms with Gasteiger partial charge in [-0.3, -0.25) is 4.79 Å². The van der Waals surface area contributed by atoms with Crippen LogP contribution in [0.5, 0.6) is 5.75 Å². The maximum Gasteiger partial charge on any atom is 0.204 e. The second-order valence-electron chi connectivity index (χ2n) is 3.80. The molecule has 98 valence electrons. The van der Waals surface area contributed by atoms with E-state index in [0.717, 1.165) is 0 Å². The van der Waals surface area contributed by atoms with Gasteiger partial charge in [-0.15, -0.1) is 0 Å². The van der Waals surface area contributed by atoms with Crippen LogP contribution in [0.15, 0.2) is 36.4 Å². The Bertz CT molecular complexity index is 597. The number of aldehydes is 1. The summed E-state index contributed by atoms with van der Waals surface area (Å²) in [5.74, 6) is -4.86. The summed E-state index contributed by atoms with van der Waals surface area (Å²) in [6.45, 7) is -0.103. The zero-order valence-electron chi connectivity index (χ0n) is 9.70. The van der Waals surface area contributed by atoms with Gasteiger partial charge in [0.05, 0.1) is 5.56 Å². The first-order valence-corrected chi connectivity index (χ1v) is 5.43. The Balaban J connectivity index is 2.26. The molecule has 0 aliphatic heterocycles. The van der Waals surface area contributed by atoms with E-state index < -0.39 is 28.8 Å². The van der Waals surface area contributed by atoms with Gasteiger partial charge in [-0.2, -0.15) is 4.39 Å². The summed E-state index contributed by atoms with van der Waals surface area (Å²) in [5, 5.41) is 0. The summed E-state index contributed by atoms with van der Waals surface area (Å²) in [4.78, 5) is 10.4. The third kappa shape index (κ3) is 2.76. The molecule has 0 aliphatic carbocycles. The maximum absolute atomic E-state index is 13.5. The molecule has 0 amide bonds. The summed E-state index contributed by atoms with van der Waals surface area (Å²) in [5.41, 5.74) is 0.00299. The van der Waals surface area contributed by atoms with Crippen LogP contribution in [-0.2, 0) is 6.61 Å². The highest BCUT2D eigenvalue weighted by molar-refractivity contribution is 5.75. The van der Waals surface area contributed by atoms with Crippen LogP contribution in [0.3, 0.4) is 0 Å². The molecule has 0 radical (unpaired) electrons. The zero-order chi connectivity index (χ0) is 13.8. The van der Waals surface area contributed by atoms with Crippen molar-refractivity contribution in [1.29, 1.82) is 0 Å². The van der Waals surface area contributed by atoms with Crippen LogP contribution in [-0.4, -0.2) is 6.29 Å². The molecule has 2 aromatic carbocycles. The van der Waals surface area contributed by atoms with Crippen LogP contribution in [0.2, 0.25) is 0 Å². The molecule has 0 spiro atoms. The van der Waals surface area contributed by atoms with E-state index in [4.69, 9.17) is 4.74 Å². The molecular formula is C14H9F3O2. The molecule has 0 saturated carbocycles. The first-order chi connectivity index (χ1) is 9.13. The first-order valence-electron chi connectivity index (χ1n) is 5.43. The molecule has 0 unspecified atom stereocenters. The summed E-state index contributed by atoms with van der Waals surface area (Å²) >= 11 is 0. The Hall–Kier alpha value is -2.30. The molecule has 5 heteroatoms. The van der Waals surface area contributed by atoms with Crippen LogP contribution < -0.4 is 4.74 Å².